The molecule has 0 spiro atoms. The van der Waals surface area contributed by atoms with E-state index in [0.717, 1.165) is 12.8 Å². The van der Waals surface area contributed by atoms with Crippen molar-refractivity contribution in [2.24, 2.45) is 5.92 Å². The first-order valence-electron chi connectivity index (χ1n) is 10.0. The second kappa shape index (κ2) is 8.46. The maximum atomic E-state index is 13.1. The van der Waals surface area contributed by atoms with E-state index in [4.69, 9.17) is 11.6 Å². The number of amides is 1. The van der Waals surface area contributed by atoms with Gasteiger partial charge in [-0.15, -0.1) is 0 Å². The molecule has 0 bridgehead atoms. The Morgan fingerprint density at radius 3 is 2.66 bits per heavy atom. The third-order valence-electron chi connectivity index (χ3n) is 5.81. The Morgan fingerprint density at radius 2 is 1.86 bits per heavy atom. The minimum Gasteiger partial charge on any atom is -0.338 e. The second-order valence-electron chi connectivity index (χ2n) is 7.86. The summed E-state index contributed by atoms with van der Waals surface area (Å²) in [5, 5.41) is 0.523. The molecule has 2 heterocycles. The number of hydrogen-bond donors (Lipinski definition) is 0. The number of carbonyl (C=O) groups is 1. The minimum atomic E-state index is -3.50. The highest BCUT2D eigenvalue weighted by atomic mass is 35.5. The molecule has 0 aromatic heterocycles. The number of fused-ring (bicyclic) bond motifs is 1. The average Bonchev–Trinajstić information content (AvgIpc) is 2.72. The summed E-state index contributed by atoms with van der Waals surface area (Å²) in [5.74, 6) is -0.295. The third kappa shape index (κ3) is 4.65. The zero-order chi connectivity index (χ0) is 20.4. The van der Waals surface area contributed by atoms with Crippen LogP contribution in [0.1, 0.15) is 29.5 Å². The van der Waals surface area contributed by atoms with Crippen molar-refractivity contribution in [1.29, 1.82) is 0 Å². The summed E-state index contributed by atoms with van der Waals surface area (Å²) in [4.78, 5) is 15.0. The van der Waals surface area contributed by atoms with Crippen LogP contribution in [0, 0.1) is 5.92 Å². The van der Waals surface area contributed by atoms with Crippen LogP contribution in [-0.4, -0.2) is 43.2 Å². The van der Waals surface area contributed by atoms with E-state index >= 15 is 0 Å². The topological polar surface area (TPSA) is 57.7 Å². The highest BCUT2D eigenvalue weighted by molar-refractivity contribution is 7.88. The van der Waals surface area contributed by atoms with Gasteiger partial charge in [-0.05, 0) is 48.1 Å². The summed E-state index contributed by atoms with van der Waals surface area (Å²) in [5.41, 5.74) is 3.15. The molecule has 4 rings (SSSR count). The lowest BCUT2D eigenvalue weighted by Crippen LogP contribution is -2.48. The van der Waals surface area contributed by atoms with E-state index in [1.807, 2.05) is 17.0 Å². The fraction of sp³-hybridized carbons (Fsp3) is 0.409. The van der Waals surface area contributed by atoms with E-state index in [1.54, 1.807) is 24.3 Å². The molecule has 1 saturated heterocycles. The Bertz CT molecular complexity index is 1010. The lowest BCUT2D eigenvalue weighted by Gasteiger charge is -2.36. The molecule has 2 aromatic rings. The van der Waals surface area contributed by atoms with Crippen molar-refractivity contribution >= 4 is 27.5 Å². The molecule has 2 aromatic carbocycles. The van der Waals surface area contributed by atoms with Gasteiger partial charge in [0.2, 0.25) is 15.9 Å². The number of nitrogens with zero attached hydrogens (tertiary/aromatic N) is 2. The van der Waals surface area contributed by atoms with E-state index in [1.165, 1.54) is 15.4 Å². The van der Waals surface area contributed by atoms with Crippen LogP contribution in [0.4, 0.5) is 0 Å². The normalized spacial score (nSPS) is 20.3. The summed E-state index contributed by atoms with van der Waals surface area (Å²) in [6.07, 6.45) is 2.29. The van der Waals surface area contributed by atoms with Crippen molar-refractivity contribution in [3.8, 4) is 0 Å². The SMILES string of the molecule is O=C(C1CCCN(S(=O)(=O)Cc2cccc(Cl)c2)C1)N1CCc2ccccc2C1. The van der Waals surface area contributed by atoms with Gasteiger partial charge in [-0.1, -0.05) is 48.0 Å². The van der Waals surface area contributed by atoms with Gasteiger partial charge >= 0.3 is 0 Å². The zero-order valence-corrected chi connectivity index (χ0v) is 17.8. The third-order valence-corrected chi connectivity index (χ3v) is 7.86. The number of rotatable bonds is 4. The van der Waals surface area contributed by atoms with E-state index in [0.29, 0.717) is 36.6 Å². The van der Waals surface area contributed by atoms with Gasteiger partial charge in [0.15, 0.2) is 0 Å². The van der Waals surface area contributed by atoms with Crippen molar-refractivity contribution in [2.45, 2.75) is 31.6 Å². The molecule has 1 fully saturated rings. The van der Waals surface area contributed by atoms with Gasteiger partial charge in [0, 0.05) is 31.2 Å². The Morgan fingerprint density at radius 1 is 1.07 bits per heavy atom. The standard InChI is InChI=1S/C22H25ClN2O3S/c23-21-9-3-5-17(13-21)16-29(27,28)25-11-4-8-20(15-25)22(26)24-12-10-18-6-1-2-7-19(18)14-24/h1-3,5-7,9,13,20H,4,8,10-12,14-16H2. The van der Waals surface area contributed by atoms with Gasteiger partial charge in [0.05, 0.1) is 11.7 Å². The summed E-state index contributed by atoms with van der Waals surface area (Å²) in [7, 11) is -3.50. The molecule has 2 aliphatic rings. The van der Waals surface area contributed by atoms with Gasteiger partial charge in [0.1, 0.15) is 0 Å². The zero-order valence-electron chi connectivity index (χ0n) is 16.3. The molecule has 2 aliphatic heterocycles. The molecule has 0 saturated carbocycles. The van der Waals surface area contributed by atoms with E-state index in [-0.39, 0.29) is 24.1 Å². The van der Waals surface area contributed by atoms with Gasteiger partial charge in [-0.25, -0.2) is 12.7 Å². The van der Waals surface area contributed by atoms with Gasteiger partial charge in [-0.2, -0.15) is 0 Å². The van der Waals surface area contributed by atoms with Crippen LogP contribution in [0.5, 0.6) is 0 Å². The van der Waals surface area contributed by atoms with E-state index in [2.05, 4.69) is 12.1 Å². The van der Waals surface area contributed by atoms with Crippen molar-refractivity contribution in [1.82, 2.24) is 9.21 Å². The maximum absolute atomic E-state index is 13.1. The van der Waals surface area contributed by atoms with Crippen molar-refractivity contribution < 1.29 is 13.2 Å². The quantitative estimate of drug-likeness (QED) is 0.743. The highest BCUT2D eigenvalue weighted by Crippen LogP contribution is 2.26. The number of sulfonamides is 1. The first-order chi connectivity index (χ1) is 13.9. The fourth-order valence-corrected chi connectivity index (χ4v) is 6.08. The summed E-state index contributed by atoms with van der Waals surface area (Å²) in [6, 6.07) is 15.1. The molecule has 29 heavy (non-hydrogen) atoms. The molecule has 0 radical (unpaired) electrons. The van der Waals surface area contributed by atoms with E-state index < -0.39 is 10.0 Å². The average molecular weight is 433 g/mol. The summed E-state index contributed by atoms with van der Waals surface area (Å²) < 4.78 is 27.3. The van der Waals surface area contributed by atoms with Crippen molar-refractivity contribution in [3.63, 3.8) is 0 Å². The molecule has 1 atom stereocenters. The largest absolute Gasteiger partial charge is 0.338 e. The Hall–Kier alpha value is -1.89. The predicted molar refractivity (Wildman–Crippen MR) is 114 cm³/mol. The fourth-order valence-electron chi connectivity index (χ4n) is 4.27. The summed E-state index contributed by atoms with van der Waals surface area (Å²) >= 11 is 5.99. The molecule has 5 nitrogen and oxygen atoms in total. The van der Waals surface area contributed by atoms with Crippen LogP contribution >= 0.6 is 11.6 Å². The Labute approximate surface area is 177 Å². The van der Waals surface area contributed by atoms with Crippen LogP contribution < -0.4 is 0 Å². The molecule has 0 aliphatic carbocycles. The first kappa shape index (κ1) is 20.4. The molecule has 1 amide bonds. The van der Waals surface area contributed by atoms with Crippen molar-refractivity contribution in [3.05, 3.63) is 70.2 Å². The van der Waals surface area contributed by atoms with Crippen LogP contribution in [0.15, 0.2) is 48.5 Å². The first-order valence-corrected chi connectivity index (χ1v) is 12.0. The van der Waals surface area contributed by atoms with Crippen LogP contribution in [0.25, 0.3) is 0 Å². The minimum absolute atomic E-state index is 0.0714. The lowest BCUT2D eigenvalue weighted by molar-refractivity contribution is -0.137. The van der Waals surface area contributed by atoms with Crippen molar-refractivity contribution in [2.75, 3.05) is 19.6 Å². The number of benzene rings is 2. The maximum Gasteiger partial charge on any atom is 0.227 e. The Balaban J connectivity index is 1.43. The predicted octanol–water partition coefficient (Wildman–Crippen LogP) is 3.47. The molecule has 7 heteroatoms. The number of halogens is 1. The number of carbonyl (C=O) groups excluding carboxylic acids is 1. The summed E-state index contributed by atoms with van der Waals surface area (Å²) in [6.45, 7) is 2.04. The van der Waals surface area contributed by atoms with E-state index in [9.17, 15) is 13.2 Å². The molecule has 154 valence electrons. The Kier molecular flexibility index (Phi) is 5.95. The molecular formula is C22H25ClN2O3S. The van der Waals surface area contributed by atoms with Gasteiger partial charge < -0.3 is 4.90 Å². The number of hydrogen-bond acceptors (Lipinski definition) is 3. The van der Waals surface area contributed by atoms with Crippen LogP contribution in [0.3, 0.4) is 0 Å². The second-order valence-corrected chi connectivity index (χ2v) is 10.3. The molecule has 1 unspecified atom stereocenters. The molecule has 0 N–H and O–H groups in total. The monoisotopic (exact) mass is 432 g/mol. The number of piperidine rings is 1. The van der Waals surface area contributed by atoms with Gasteiger partial charge in [-0.3, -0.25) is 4.79 Å². The lowest BCUT2D eigenvalue weighted by atomic mass is 9.95. The van der Waals surface area contributed by atoms with Gasteiger partial charge in [0.25, 0.3) is 0 Å². The molecular weight excluding hydrogens is 408 g/mol. The van der Waals surface area contributed by atoms with Crippen LogP contribution in [0.2, 0.25) is 5.02 Å². The highest BCUT2D eigenvalue weighted by Gasteiger charge is 2.35. The van der Waals surface area contributed by atoms with Crippen LogP contribution in [-0.2, 0) is 33.5 Å². The smallest absolute Gasteiger partial charge is 0.227 e.